The van der Waals surface area contributed by atoms with Crippen LogP contribution in [-0.2, 0) is 10.0 Å². The quantitative estimate of drug-likeness (QED) is 0.775. The van der Waals surface area contributed by atoms with E-state index in [0.29, 0.717) is 0 Å². The number of nitrogen functional groups attached to an aromatic ring is 1. The predicted molar refractivity (Wildman–Crippen MR) is 59.0 cm³/mol. The molecule has 0 amide bonds. The molecule has 84 valence electrons. The molecular weight excluding hydrogens is 236 g/mol. The summed E-state index contributed by atoms with van der Waals surface area (Å²) in [6.07, 6.45) is 0. The van der Waals surface area contributed by atoms with Crippen LogP contribution < -0.4 is 5.73 Å². The SMILES string of the molecule is C=C(C)CN(C)S(=O)(=O)c1nnc(N)s1. The number of likely N-dealkylation sites (N-methyl/N-ethyl adjacent to an activating group) is 1. The van der Waals surface area contributed by atoms with Crippen molar-refractivity contribution in [3.63, 3.8) is 0 Å². The fourth-order valence-electron chi connectivity index (χ4n) is 0.923. The molecule has 0 saturated carbocycles. The summed E-state index contributed by atoms with van der Waals surface area (Å²) in [6, 6.07) is 0. The third-order valence-corrected chi connectivity index (χ3v) is 4.45. The zero-order valence-electron chi connectivity index (χ0n) is 8.47. The summed E-state index contributed by atoms with van der Waals surface area (Å²) in [5, 5.41) is 7.10. The molecule has 0 atom stereocenters. The molecule has 1 aromatic rings. The molecule has 0 saturated heterocycles. The molecule has 0 aromatic carbocycles. The summed E-state index contributed by atoms with van der Waals surface area (Å²) < 4.78 is 24.7. The molecular formula is C7H12N4O2S2. The van der Waals surface area contributed by atoms with Crippen molar-refractivity contribution in [3.05, 3.63) is 12.2 Å². The van der Waals surface area contributed by atoms with Gasteiger partial charge in [0.1, 0.15) is 0 Å². The van der Waals surface area contributed by atoms with Gasteiger partial charge in [-0.1, -0.05) is 23.5 Å². The van der Waals surface area contributed by atoms with Crippen molar-refractivity contribution in [2.75, 3.05) is 19.3 Å². The zero-order valence-corrected chi connectivity index (χ0v) is 10.1. The number of aromatic nitrogens is 2. The molecule has 0 radical (unpaired) electrons. The van der Waals surface area contributed by atoms with Gasteiger partial charge in [-0.25, -0.2) is 8.42 Å². The van der Waals surface area contributed by atoms with Gasteiger partial charge in [-0.2, -0.15) is 4.31 Å². The molecule has 8 heteroatoms. The Morgan fingerprint density at radius 3 is 2.60 bits per heavy atom. The maximum absolute atomic E-state index is 11.8. The second kappa shape index (κ2) is 4.25. The van der Waals surface area contributed by atoms with Crippen LogP contribution in [0.15, 0.2) is 16.5 Å². The molecule has 0 bridgehead atoms. The normalized spacial score (nSPS) is 11.9. The van der Waals surface area contributed by atoms with E-state index in [4.69, 9.17) is 5.73 Å². The highest BCUT2D eigenvalue weighted by Crippen LogP contribution is 2.20. The first-order valence-corrected chi connectivity index (χ1v) is 6.29. The fourth-order valence-corrected chi connectivity index (χ4v) is 3.13. The van der Waals surface area contributed by atoms with E-state index in [1.165, 1.54) is 7.05 Å². The highest BCUT2D eigenvalue weighted by atomic mass is 32.2. The second-order valence-corrected chi connectivity index (χ2v) is 6.35. The van der Waals surface area contributed by atoms with Gasteiger partial charge in [0.15, 0.2) is 0 Å². The third kappa shape index (κ3) is 2.74. The first kappa shape index (κ1) is 12.1. The van der Waals surface area contributed by atoms with E-state index in [9.17, 15) is 8.42 Å². The highest BCUT2D eigenvalue weighted by molar-refractivity contribution is 7.91. The average molecular weight is 248 g/mol. The van der Waals surface area contributed by atoms with Crippen molar-refractivity contribution in [3.8, 4) is 0 Å². The summed E-state index contributed by atoms with van der Waals surface area (Å²) in [7, 11) is -2.12. The number of hydrogen-bond donors (Lipinski definition) is 1. The number of nitrogens with two attached hydrogens (primary N) is 1. The van der Waals surface area contributed by atoms with Gasteiger partial charge >= 0.3 is 0 Å². The molecule has 2 N–H and O–H groups in total. The zero-order chi connectivity index (χ0) is 11.6. The lowest BCUT2D eigenvalue weighted by atomic mass is 10.4. The lowest BCUT2D eigenvalue weighted by Gasteiger charge is -2.14. The van der Waals surface area contributed by atoms with Crippen molar-refractivity contribution in [2.24, 2.45) is 0 Å². The van der Waals surface area contributed by atoms with Crippen LogP contribution in [0.25, 0.3) is 0 Å². The first-order chi connectivity index (χ1) is 6.84. The number of rotatable bonds is 4. The Morgan fingerprint density at radius 2 is 2.20 bits per heavy atom. The molecule has 15 heavy (non-hydrogen) atoms. The molecule has 0 aliphatic rings. The minimum Gasteiger partial charge on any atom is -0.374 e. The lowest BCUT2D eigenvalue weighted by molar-refractivity contribution is 0.491. The van der Waals surface area contributed by atoms with Gasteiger partial charge in [0.05, 0.1) is 0 Å². The summed E-state index contributed by atoms with van der Waals surface area (Å²) in [5.74, 6) is 0. The molecule has 1 aromatic heterocycles. The highest BCUT2D eigenvalue weighted by Gasteiger charge is 2.24. The minimum absolute atomic E-state index is 0.0937. The van der Waals surface area contributed by atoms with E-state index < -0.39 is 10.0 Å². The summed E-state index contributed by atoms with van der Waals surface area (Å²) in [4.78, 5) is 0. The number of sulfonamides is 1. The van der Waals surface area contributed by atoms with Gasteiger partial charge < -0.3 is 5.73 Å². The van der Waals surface area contributed by atoms with Gasteiger partial charge in [0.25, 0.3) is 10.0 Å². The van der Waals surface area contributed by atoms with Crippen LogP contribution in [0.2, 0.25) is 0 Å². The predicted octanol–water partition coefficient (Wildman–Crippen LogP) is 0.317. The van der Waals surface area contributed by atoms with E-state index in [1.54, 1.807) is 6.92 Å². The van der Waals surface area contributed by atoms with Crippen LogP contribution in [0.1, 0.15) is 6.92 Å². The monoisotopic (exact) mass is 248 g/mol. The maximum Gasteiger partial charge on any atom is 0.272 e. The molecule has 6 nitrogen and oxygen atoms in total. The minimum atomic E-state index is -3.58. The van der Waals surface area contributed by atoms with Crippen LogP contribution in [0.4, 0.5) is 5.13 Å². The lowest BCUT2D eigenvalue weighted by Crippen LogP contribution is -2.28. The molecule has 0 aliphatic heterocycles. The van der Waals surface area contributed by atoms with E-state index in [-0.39, 0.29) is 16.0 Å². The molecule has 1 heterocycles. The Bertz CT molecular complexity index is 465. The fraction of sp³-hybridized carbons (Fsp3) is 0.429. The topological polar surface area (TPSA) is 89.2 Å². The Kier molecular flexibility index (Phi) is 3.42. The van der Waals surface area contributed by atoms with Crippen molar-refractivity contribution in [1.29, 1.82) is 0 Å². The Morgan fingerprint density at radius 1 is 1.60 bits per heavy atom. The first-order valence-electron chi connectivity index (χ1n) is 4.03. The van der Waals surface area contributed by atoms with E-state index in [2.05, 4.69) is 16.8 Å². The smallest absolute Gasteiger partial charge is 0.272 e. The summed E-state index contributed by atoms with van der Waals surface area (Å²) in [5.41, 5.74) is 6.07. The Labute approximate surface area is 92.5 Å². The van der Waals surface area contributed by atoms with E-state index in [1.807, 2.05) is 0 Å². The molecule has 0 spiro atoms. The van der Waals surface area contributed by atoms with Crippen LogP contribution in [0.5, 0.6) is 0 Å². The Balaban J connectivity index is 2.98. The van der Waals surface area contributed by atoms with Gasteiger partial charge in [0, 0.05) is 13.6 Å². The van der Waals surface area contributed by atoms with Crippen LogP contribution in [0, 0.1) is 0 Å². The molecule has 0 unspecified atom stereocenters. The standard InChI is InChI=1S/C7H12N4O2S2/c1-5(2)4-11(3)15(12,13)7-10-9-6(8)14-7/h1,4H2,2-3H3,(H2,8,9). The van der Waals surface area contributed by atoms with Gasteiger partial charge in [-0.3, -0.25) is 0 Å². The molecule has 0 aliphatic carbocycles. The van der Waals surface area contributed by atoms with Crippen molar-refractivity contribution < 1.29 is 8.42 Å². The van der Waals surface area contributed by atoms with Crippen molar-refractivity contribution >= 4 is 26.5 Å². The largest absolute Gasteiger partial charge is 0.374 e. The van der Waals surface area contributed by atoms with E-state index >= 15 is 0 Å². The number of anilines is 1. The van der Waals surface area contributed by atoms with Gasteiger partial charge in [0.2, 0.25) is 9.47 Å². The maximum atomic E-state index is 11.8. The third-order valence-electron chi connectivity index (χ3n) is 1.55. The van der Waals surface area contributed by atoms with E-state index in [0.717, 1.165) is 21.2 Å². The van der Waals surface area contributed by atoms with Crippen LogP contribution >= 0.6 is 11.3 Å². The average Bonchev–Trinajstić information content (AvgIpc) is 2.50. The van der Waals surface area contributed by atoms with Gasteiger partial charge in [-0.05, 0) is 6.92 Å². The number of nitrogens with zero attached hydrogens (tertiary/aromatic N) is 3. The van der Waals surface area contributed by atoms with Crippen molar-refractivity contribution in [1.82, 2.24) is 14.5 Å². The van der Waals surface area contributed by atoms with Crippen LogP contribution in [-0.4, -0.2) is 36.5 Å². The Hall–Kier alpha value is -0.990. The van der Waals surface area contributed by atoms with Crippen LogP contribution in [0.3, 0.4) is 0 Å². The van der Waals surface area contributed by atoms with Crippen molar-refractivity contribution in [2.45, 2.75) is 11.3 Å². The molecule has 1 rings (SSSR count). The second-order valence-electron chi connectivity index (χ2n) is 3.12. The summed E-state index contributed by atoms with van der Waals surface area (Å²) in [6.45, 7) is 5.65. The number of hydrogen-bond acceptors (Lipinski definition) is 6. The molecule has 0 fully saturated rings. The van der Waals surface area contributed by atoms with Gasteiger partial charge in [-0.15, -0.1) is 10.2 Å². The summed E-state index contributed by atoms with van der Waals surface area (Å²) >= 11 is 0.846.